The fraction of sp³-hybridized carbons (Fsp3) is 0.290. The van der Waals surface area contributed by atoms with E-state index in [4.69, 9.17) is 11.6 Å². The molecule has 0 bridgehead atoms. The highest BCUT2D eigenvalue weighted by atomic mass is 35.5. The number of halogens is 1. The van der Waals surface area contributed by atoms with Gasteiger partial charge in [-0.3, -0.25) is 14.5 Å². The smallest absolute Gasteiger partial charge is 0.258 e. The SMILES string of the molecule is CC1CN(C)CC(C)N1CC(=O)N(C)c1ccc(N/C(=C2\C(=O)Nc3cc(Cl)ccc32)c2ccccc2)cc1. The maximum atomic E-state index is 13.2. The number of amides is 2. The Morgan fingerprint density at radius 2 is 1.69 bits per heavy atom. The minimum absolute atomic E-state index is 0.0592. The molecular formula is C31H34ClN5O2. The van der Waals surface area contributed by atoms with Crippen molar-refractivity contribution in [1.29, 1.82) is 0 Å². The Morgan fingerprint density at radius 3 is 2.36 bits per heavy atom. The van der Waals surface area contributed by atoms with Crippen LogP contribution in [0, 0.1) is 0 Å². The van der Waals surface area contributed by atoms with E-state index in [9.17, 15) is 9.59 Å². The van der Waals surface area contributed by atoms with Crippen LogP contribution in [0.25, 0.3) is 11.3 Å². The third-order valence-electron chi connectivity index (χ3n) is 7.54. The molecule has 2 aliphatic rings. The lowest BCUT2D eigenvalue weighted by molar-refractivity contribution is -0.121. The van der Waals surface area contributed by atoms with Gasteiger partial charge in [0.1, 0.15) is 0 Å². The molecule has 3 aromatic carbocycles. The van der Waals surface area contributed by atoms with Crippen LogP contribution in [0.2, 0.25) is 5.02 Å². The van der Waals surface area contributed by atoms with Crippen LogP contribution in [0.5, 0.6) is 0 Å². The number of hydrogen-bond acceptors (Lipinski definition) is 5. The van der Waals surface area contributed by atoms with Gasteiger partial charge < -0.3 is 20.4 Å². The number of hydrogen-bond donors (Lipinski definition) is 2. The molecule has 2 aliphatic heterocycles. The van der Waals surface area contributed by atoms with E-state index in [0.29, 0.717) is 40.6 Å². The van der Waals surface area contributed by atoms with Crippen LogP contribution in [-0.4, -0.2) is 67.4 Å². The van der Waals surface area contributed by atoms with Crippen molar-refractivity contribution in [3.8, 4) is 0 Å². The lowest BCUT2D eigenvalue weighted by atomic mass is 10.00. The number of fused-ring (bicyclic) bond motifs is 1. The van der Waals surface area contributed by atoms with Crippen LogP contribution in [-0.2, 0) is 9.59 Å². The minimum atomic E-state index is -0.187. The molecule has 202 valence electrons. The number of nitrogens with zero attached hydrogens (tertiary/aromatic N) is 3. The summed E-state index contributed by atoms with van der Waals surface area (Å²) in [6, 6.07) is 23.5. The molecule has 8 heteroatoms. The first-order chi connectivity index (χ1) is 18.7. The van der Waals surface area contributed by atoms with Gasteiger partial charge in [0.25, 0.3) is 5.91 Å². The van der Waals surface area contributed by atoms with E-state index in [-0.39, 0.29) is 11.8 Å². The van der Waals surface area contributed by atoms with Crippen LogP contribution in [0.15, 0.2) is 72.8 Å². The number of carbonyl (C=O) groups excluding carboxylic acids is 2. The Bertz CT molecular complexity index is 1390. The van der Waals surface area contributed by atoms with E-state index in [2.05, 4.69) is 41.3 Å². The van der Waals surface area contributed by atoms with Gasteiger partial charge in [-0.1, -0.05) is 48.0 Å². The molecule has 1 fully saturated rings. The second-order valence-corrected chi connectivity index (χ2v) is 10.9. The zero-order valence-corrected chi connectivity index (χ0v) is 23.5. The summed E-state index contributed by atoms with van der Waals surface area (Å²) in [5.41, 5.74) is 5.25. The molecule has 1 saturated heterocycles. The van der Waals surface area contributed by atoms with Crippen molar-refractivity contribution in [2.45, 2.75) is 25.9 Å². The molecule has 2 atom stereocenters. The first-order valence-corrected chi connectivity index (χ1v) is 13.6. The second-order valence-electron chi connectivity index (χ2n) is 10.5. The van der Waals surface area contributed by atoms with Gasteiger partial charge in [-0.2, -0.15) is 0 Å². The van der Waals surface area contributed by atoms with Crippen molar-refractivity contribution in [3.05, 3.63) is 88.9 Å². The van der Waals surface area contributed by atoms with Crippen molar-refractivity contribution >= 4 is 51.7 Å². The second kappa shape index (κ2) is 11.2. The van der Waals surface area contributed by atoms with E-state index in [1.807, 2.05) is 67.7 Å². The monoisotopic (exact) mass is 543 g/mol. The number of likely N-dealkylation sites (N-methyl/N-ethyl adjacent to an activating group) is 2. The van der Waals surface area contributed by atoms with Gasteiger partial charge in [0.05, 0.1) is 23.5 Å². The van der Waals surface area contributed by atoms with Gasteiger partial charge in [0.15, 0.2) is 0 Å². The third kappa shape index (κ3) is 5.71. The molecule has 0 aliphatic carbocycles. The zero-order chi connectivity index (χ0) is 27.7. The average Bonchev–Trinajstić information content (AvgIpc) is 3.24. The summed E-state index contributed by atoms with van der Waals surface area (Å²) >= 11 is 6.17. The summed E-state index contributed by atoms with van der Waals surface area (Å²) in [5.74, 6) is -0.128. The first-order valence-electron chi connectivity index (χ1n) is 13.2. The highest BCUT2D eigenvalue weighted by molar-refractivity contribution is 6.38. The summed E-state index contributed by atoms with van der Waals surface area (Å²) < 4.78 is 0. The zero-order valence-electron chi connectivity index (χ0n) is 22.7. The van der Waals surface area contributed by atoms with E-state index < -0.39 is 0 Å². The Kier molecular flexibility index (Phi) is 7.75. The number of nitrogens with one attached hydrogen (secondary N) is 2. The van der Waals surface area contributed by atoms with E-state index >= 15 is 0 Å². The molecule has 2 N–H and O–H groups in total. The number of rotatable bonds is 6. The maximum Gasteiger partial charge on any atom is 0.258 e. The van der Waals surface area contributed by atoms with E-state index in [0.717, 1.165) is 35.6 Å². The minimum Gasteiger partial charge on any atom is -0.354 e. The van der Waals surface area contributed by atoms with Crippen LogP contribution in [0.1, 0.15) is 25.0 Å². The third-order valence-corrected chi connectivity index (χ3v) is 7.77. The molecule has 0 aromatic heterocycles. The molecule has 2 unspecified atom stereocenters. The summed E-state index contributed by atoms with van der Waals surface area (Å²) in [7, 11) is 3.94. The molecule has 39 heavy (non-hydrogen) atoms. The van der Waals surface area contributed by atoms with Crippen LogP contribution in [0.3, 0.4) is 0 Å². The van der Waals surface area contributed by atoms with Gasteiger partial charge >= 0.3 is 0 Å². The summed E-state index contributed by atoms with van der Waals surface area (Å²) in [6.07, 6.45) is 0. The average molecular weight is 544 g/mol. The molecule has 5 rings (SSSR count). The fourth-order valence-corrected chi connectivity index (χ4v) is 5.70. The standard InChI is InChI=1S/C31H34ClN5O2/c1-20-17-35(3)18-21(2)37(20)19-28(38)36(4)25-13-11-24(12-14-25)33-30(22-8-6-5-7-9-22)29-26-15-10-23(32)16-27(26)34-31(29)39/h5-16,20-21,33H,17-19H2,1-4H3,(H,34,39)/b30-29-. The number of anilines is 3. The highest BCUT2D eigenvalue weighted by Crippen LogP contribution is 2.38. The topological polar surface area (TPSA) is 67.9 Å². The largest absolute Gasteiger partial charge is 0.354 e. The molecule has 0 saturated carbocycles. The van der Waals surface area contributed by atoms with Gasteiger partial charge in [0.2, 0.25) is 5.91 Å². The van der Waals surface area contributed by atoms with Crippen molar-refractivity contribution in [2.24, 2.45) is 0 Å². The predicted molar refractivity (Wildman–Crippen MR) is 160 cm³/mol. The van der Waals surface area contributed by atoms with Crippen molar-refractivity contribution in [1.82, 2.24) is 9.80 Å². The number of piperazine rings is 1. The fourth-order valence-electron chi connectivity index (χ4n) is 5.53. The molecule has 2 heterocycles. The lowest BCUT2D eigenvalue weighted by Gasteiger charge is -2.43. The number of carbonyl (C=O) groups is 2. The maximum absolute atomic E-state index is 13.2. The lowest BCUT2D eigenvalue weighted by Crippen LogP contribution is -2.57. The number of benzene rings is 3. The van der Waals surface area contributed by atoms with Crippen LogP contribution < -0.4 is 15.5 Å². The molecule has 2 amide bonds. The van der Waals surface area contributed by atoms with E-state index in [1.165, 1.54) is 0 Å². The molecule has 7 nitrogen and oxygen atoms in total. The molecule has 3 aromatic rings. The summed E-state index contributed by atoms with van der Waals surface area (Å²) in [5, 5.41) is 6.97. The Morgan fingerprint density at radius 1 is 1.03 bits per heavy atom. The van der Waals surface area contributed by atoms with Gasteiger partial charge in [-0.15, -0.1) is 0 Å². The molecule has 0 spiro atoms. The van der Waals surface area contributed by atoms with Crippen LogP contribution >= 0.6 is 11.6 Å². The molecular weight excluding hydrogens is 510 g/mol. The first kappa shape index (κ1) is 26.9. The van der Waals surface area contributed by atoms with Gasteiger partial charge in [0, 0.05) is 54.2 Å². The highest BCUT2D eigenvalue weighted by Gasteiger charge is 2.31. The summed E-state index contributed by atoms with van der Waals surface area (Å²) in [6.45, 7) is 6.65. The normalized spacial score (nSPS) is 20.8. The predicted octanol–water partition coefficient (Wildman–Crippen LogP) is 5.26. The van der Waals surface area contributed by atoms with Crippen molar-refractivity contribution in [2.75, 3.05) is 49.3 Å². The Balaban J connectivity index is 1.38. The quantitative estimate of drug-likeness (QED) is 0.415. The van der Waals surface area contributed by atoms with Crippen molar-refractivity contribution in [3.63, 3.8) is 0 Å². The Labute approximate surface area is 235 Å². The summed E-state index contributed by atoms with van der Waals surface area (Å²) in [4.78, 5) is 32.6. The molecule has 0 radical (unpaired) electrons. The van der Waals surface area contributed by atoms with Crippen LogP contribution in [0.4, 0.5) is 17.1 Å². The van der Waals surface area contributed by atoms with Gasteiger partial charge in [-0.05, 0) is 62.9 Å². The van der Waals surface area contributed by atoms with E-state index in [1.54, 1.807) is 17.0 Å². The Hall–Kier alpha value is -3.65. The van der Waals surface area contributed by atoms with Gasteiger partial charge in [-0.25, -0.2) is 0 Å². The van der Waals surface area contributed by atoms with Crippen molar-refractivity contribution < 1.29 is 9.59 Å².